The van der Waals surface area contributed by atoms with E-state index in [1.165, 1.54) is 0 Å². The van der Waals surface area contributed by atoms with Gasteiger partial charge < -0.3 is 15.5 Å². The van der Waals surface area contributed by atoms with Crippen LogP contribution < -0.4 is 5.32 Å². The Morgan fingerprint density at radius 1 is 1.11 bits per heavy atom. The lowest BCUT2D eigenvalue weighted by molar-refractivity contribution is 0.174. The number of halogens is 1. The number of nitrogens with one attached hydrogen (secondary N) is 1. The first kappa shape index (κ1) is 14.1. The number of aliphatic hydroxyl groups excluding tert-OH is 1. The van der Waals surface area contributed by atoms with Gasteiger partial charge >= 0.3 is 0 Å². The SMILES string of the molecule is Oc1ccc(CNCC(O)c2ccccc2)cc1Br. The standard InChI is InChI=1S/C15H16BrNO2/c16-13-8-11(6-7-14(13)18)9-17-10-15(19)12-4-2-1-3-5-12/h1-8,15,17-19H,9-10H2. The molecule has 3 nitrogen and oxygen atoms in total. The van der Waals surface area contributed by atoms with Gasteiger partial charge in [0.05, 0.1) is 10.6 Å². The molecule has 0 heterocycles. The maximum atomic E-state index is 9.99. The Morgan fingerprint density at radius 2 is 1.84 bits per heavy atom. The molecule has 19 heavy (non-hydrogen) atoms. The van der Waals surface area contributed by atoms with Crippen LogP contribution in [0.25, 0.3) is 0 Å². The summed E-state index contributed by atoms with van der Waals surface area (Å²) < 4.78 is 0.676. The normalized spacial score (nSPS) is 12.3. The fourth-order valence-corrected chi connectivity index (χ4v) is 2.23. The second kappa shape index (κ2) is 6.70. The van der Waals surface area contributed by atoms with E-state index < -0.39 is 6.10 Å². The summed E-state index contributed by atoms with van der Waals surface area (Å²) in [5.41, 5.74) is 1.95. The third kappa shape index (κ3) is 4.06. The molecule has 2 rings (SSSR count). The summed E-state index contributed by atoms with van der Waals surface area (Å²) in [4.78, 5) is 0. The van der Waals surface area contributed by atoms with Gasteiger partial charge in [-0.2, -0.15) is 0 Å². The van der Waals surface area contributed by atoms with Gasteiger partial charge in [0.15, 0.2) is 0 Å². The Morgan fingerprint density at radius 3 is 2.53 bits per heavy atom. The largest absolute Gasteiger partial charge is 0.507 e. The molecule has 0 fully saturated rings. The molecule has 0 aliphatic carbocycles. The summed E-state index contributed by atoms with van der Waals surface area (Å²) in [5, 5.41) is 22.6. The molecule has 0 spiro atoms. The fourth-order valence-electron chi connectivity index (χ4n) is 1.81. The highest BCUT2D eigenvalue weighted by atomic mass is 79.9. The van der Waals surface area contributed by atoms with Crippen LogP contribution in [0.4, 0.5) is 0 Å². The van der Waals surface area contributed by atoms with E-state index >= 15 is 0 Å². The lowest BCUT2D eigenvalue weighted by atomic mass is 10.1. The molecule has 0 amide bonds. The number of aromatic hydroxyl groups is 1. The van der Waals surface area contributed by atoms with Crippen molar-refractivity contribution >= 4 is 15.9 Å². The molecule has 0 bridgehead atoms. The van der Waals surface area contributed by atoms with Crippen molar-refractivity contribution in [2.75, 3.05) is 6.54 Å². The first-order valence-corrected chi connectivity index (χ1v) is 6.87. The molecule has 0 saturated heterocycles. The topological polar surface area (TPSA) is 52.5 Å². The van der Waals surface area contributed by atoms with Gasteiger partial charge in [-0.1, -0.05) is 36.4 Å². The fraction of sp³-hybridized carbons (Fsp3) is 0.200. The van der Waals surface area contributed by atoms with Crippen molar-refractivity contribution < 1.29 is 10.2 Å². The van der Waals surface area contributed by atoms with Gasteiger partial charge in [-0.05, 0) is 39.2 Å². The lowest BCUT2D eigenvalue weighted by Gasteiger charge is -2.12. The van der Waals surface area contributed by atoms with Crippen LogP contribution in [-0.4, -0.2) is 16.8 Å². The van der Waals surface area contributed by atoms with Crippen molar-refractivity contribution in [1.29, 1.82) is 0 Å². The highest BCUT2D eigenvalue weighted by Gasteiger charge is 2.06. The summed E-state index contributed by atoms with van der Waals surface area (Å²) in [7, 11) is 0. The minimum absolute atomic E-state index is 0.230. The number of phenols is 1. The quantitative estimate of drug-likeness (QED) is 0.793. The van der Waals surface area contributed by atoms with Gasteiger partial charge in [0.2, 0.25) is 0 Å². The average molecular weight is 322 g/mol. The van der Waals surface area contributed by atoms with Gasteiger partial charge in [0.1, 0.15) is 5.75 Å². The van der Waals surface area contributed by atoms with Crippen LogP contribution in [0.2, 0.25) is 0 Å². The molecule has 3 N–H and O–H groups in total. The molecule has 4 heteroatoms. The van der Waals surface area contributed by atoms with E-state index in [0.29, 0.717) is 17.6 Å². The molecule has 2 aromatic rings. The Kier molecular flexibility index (Phi) is 4.96. The predicted octanol–water partition coefficient (Wildman–Crippen LogP) is 2.98. The third-order valence-corrected chi connectivity index (χ3v) is 3.50. The number of hydrogen-bond acceptors (Lipinski definition) is 3. The second-order valence-corrected chi connectivity index (χ2v) is 5.20. The Labute approximate surface area is 121 Å². The van der Waals surface area contributed by atoms with Gasteiger partial charge in [0.25, 0.3) is 0 Å². The number of aliphatic hydroxyl groups is 1. The summed E-state index contributed by atoms with van der Waals surface area (Å²) >= 11 is 3.28. The first-order chi connectivity index (χ1) is 9.16. The predicted molar refractivity (Wildman–Crippen MR) is 78.9 cm³/mol. The Hall–Kier alpha value is -1.36. The maximum absolute atomic E-state index is 9.99. The van der Waals surface area contributed by atoms with E-state index in [9.17, 15) is 10.2 Å². The van der Waals surface area contributed by atoms with Crippen LogP contribution in [0.5, 0.6) is 5.75 Å². The average Bonchev–Trinajstić information content (AvgIpc) is 2.43. The van der Waals surface area contributed by atoms with Crippen LogP contribution in [0, 0.1) is 0 Å². The molecule has 1 atom stereocenters. The highest BCUT2D eigenvalue weighted by molar-refractivity contribution is 9.10. The van der Waals surface area contributed by atoms with Crippen LogP contribution >= 0.6 is 15.9 Å². The minimum Gasteiger partial charge on any atom is -0.507 e. The zero-order valence-corrected chi connectivity index (χ0v) is 12.0. The van der Waals surface area contributed by atoms with E-state index in [1.54, 1.807) is 6.07 Å². The zero-order valence-electron chi connectivity index (χ0n) is 10.4. The molecule has 0 saturated carbocycles. The molecule has 0 aromatic heterocycles. The zero-order chi connectivity index (χ0) is 13.7. The molecule has 2 aromatic carbocycles. The molecular formula is C15H16BrNO2. The van der Waals surface area contributed by atoms with E-state index in [-0.39, 0.29) is 5.75 Å². The molecule has 0 radical (unpaired) electrons. The lowest BCUT2D eigenvalue weighted by Crippen LogP contribution is -2.21. The number of rotatable bonds is 5. The van der Waals surface area contributed by atoms with Crippen molar-refractivity contribution in [2.45, 2.75) is 12.6 Å². The number of benzene rings is 2. The monoisotopic (exact) mass is 321 g/mol. The third-order valence-electron chi connectivity index (χ3n) is 2.86. The summed E-state index contributed by atoms with van der Waals surface area (Å²) in [6.07, 6.45) is -0.512. The Bertz CT molecular complexity index is 531. The van der Waals surface area contributed by atoms with Crippen molar-refractivity contribution in [3.63, 3.8) is 0 Å². The van der Waals surface area contributed by atoms with Gasteiger partial charge in [-0.25, -0.2) is 0 Å². The van der Waals surface area contributed by atoms with Crippen LogP contribution in [0.1, 0.15) is 17.2 Å². The summed E-state index contributed by atoms with van der Waals surface area (Å²) in [6.45, 7) is 1.13. The number of phenolic OH excluding ortho intramolecular Hbond substituents is 1. The van der Waals surface area contributed by atoms with Gasteiger partial charge in [-0.3, -0.25) is 0 Å². The van der Waals surface area contributed by atoms with E-state index in [1.807, 2.05) is 42.5 Å². The van der Waals surface area contributed by atoms with E-state index in [0.717, 1.165) is 11.1 Å². The van der Waals surface area contributed by atoms with Crippen LogP contribution in [0.3, 0.4) is 0 Å². The summed E-state index contributed by atoms with van der Waals surface area (Å²) in [5.74, 6) is 0.230. The molecule has 1 unspecified atom stereocenters. The van der Waals surface area contributed by atoms with Crippen molar-refractivity contribution in [3.05, 3.63) is 64.1 Å². The van der Waals surface area contributed by atoms with Crippen LogP contribution in [-0.2, 0) is 6.54 Å². The van der Waals surface area contributed by atoms with E-state index in [4.69, 9.17) is 0 Å². The smallest absolute Gasteiger partial charge is 0.129 e. The van der Waals surface area contributed by atoms with Crippen molar-refractivity contribution in [1.82, 2.24) is 5.32 Å². The second-order valence-electron chi connectivity index (χ2n) is 4.34. The van der Waals surface area contributed by atoms with Gasteiger partial charge in [0, 0.05) is 13.1 Å². The Balaban J connectivity index is 1.85. The van der Waals surface area contributed by atoms with Crippen LogP contribution in [0.15, 0.2) is 53.0 Å². The van der Waals surface area contributed by atoms with Gasteiger partial charge in [-0.15, -0.1) is 0 Å². The molecule has 0 aliphatic heterocycles. The molecule has 0 aliphatic rings. The molecular weight excluding hydrogens is 306 g/mol. The minimum atomic E-state index is -0.512. The van der Waals surface area contributed by atoms with E-state index in [2.05, 4.69) is 21.2 Å². The van der Waals surface area contributed by atoms with Crippen molar-refractivity contribution in [2.24, 2.45) is 0 Å². The maximum Gasteiger partial charge on any atom is 0.129 e. The number of hydrogen-bond donors (Lipinski definition) is 3. The van der Waals surface area contributed by atoms with Crippen molar-refractivity contribution in [3.8, 4) is 5.75 Å². The molecule has 100 valence electrons. The first-order valence-electron chi connectivity index (χ1n) is 6.08. The summed E-state index contributed by atoms with van der Waals surface area (Å²) in [6, 6.07) is 14.9. The highest BCUT2D eigenvalue weighted by Crippen LogP contribution is 2.24.